The maximum absolute atomic E-state index is 5.00. The van der Waals surface area contributed by atoms with Gasteiger partial charge in [-0.2, -0.15) is 0 Å². The van der Waals surface area contributed by atoms with E-state index in [1.165, 1.54) is 10.4 Å². The molecule has 0 saturated carbocycles. The van der Waals surface area contributed by atoms with Crippen LogP contribution < -0.4 is 10.6 Å². The van der Waals surface area contributed by atoms with Crippen LogP contribution in [0.15, 0.2) is 29.1 Å². The SMILES string of the molecule is C=CCNC(=NCc1sccc1C)NCCOC. The van der Waals surface area contributed by atoms with E-state index in [0.29, 0.717) is 19.7 Å². The van der Waals surface area contributed by atoms with Crippen LogP contribution in [-0.2, 0) is 11.3 Å². The fourth-order valence-electron chi connectivity index (χ4n) is 1.33. The zero-order valence-electron chi connectivity index (χ0n) is 11.0. The number of aliphatic imine (C=N–C) groups is 1. The van der Waals surface area contributed by atoms with Crippen molar-refractivity contribution in [3.8, 4) is 0 Å². The van der Waals surface area contributed by atoms with Gasteiger partial charge in [-0.05, 0) is 23.9 Å². The van der Waals surface area contributed by atoms with Gasteiger partial charge < -0.3 is 15.4 Å². The Balaban J connectivity index is 2.51. The number of rotatable bonds is 7. The normalized spacial score (nSPS) is 11.3. The number of ether oxygens (including phenoxy) is 1. The summed E-state index contributed by atoms with van der Waals surface area (Å²) < 4.78 is 5.00. The van der Waals surface area contributed by atoms with Crippen molar-refractivity contribution in [1.82, 2.24) is 10.6 Å². The van der Waals surface area contributed by atoms with Gasteiger partial charge in [0.2, 0.25) is 0 Å². The van der Waals surface area contributed by atoms with Gasteiger partial charge in [-0.3, -0.25) is 0 Å². The highest BCUT2D eigenvalue weighted by molar-refractivity contribution is 7.10. The Labute approximate surface area is 113 Å². The van der Waals surface area contributed by atoms with Gasteiger partial charge in [0.15, 0.2) is 5.96 Å². The lowest BCUT2D eigenvalue weighted by Crippen LogP contribution is -2.39. The molecule has 0 bridgehead atoms. The highest BCUT2D eigenvalue weighted by Gasteiger charge is 2.00. The van der Waals surface area contributed by atoms with E-state index in [0.717, 1.165) is 12.5 Å². The average Bonchev–Trinajstić information content (AvgIpc) is 2.78. The second kappa shape index (κ2) is 8.72. The van der Waals surface area contributed by atoms with Crippen LogP contribution in [0.4, 0.5) is 0 Å². The van der Waals surface area contributed by atoms with Gasteiger partial charge in [-0.15, -0.1) is 17.9 Å². The topological polar surface area (TPSA) is 45.7 Å². The Hall–Kier alpha value is -1.33. The van der Waals surface area contributed by atoms with Crippen LogP contribution in [0.2, 0.25) is 0 Å². The van der Waals surface area contributed by atoms with Crippen LogP contribution in [0.1, 0.15) is 10.4 Å². The molecule has 5 heteroatoms. The standard InChI is InChI=1S/C13H21N3OS/c1-4-6-14-13(15-7-8-17-3)16-10-12-11(2)5-9-18-12/h4-5,9H,1,6-8,10H2,2-3H3,(H2,14,15,16). The number of hydrogen-bond donors (Lipinski definition) is 2. The summed E-state index contributed by atoms with van der Waals surface area (Å²) in [6.45, 7) is 8.59. The Morgan fingerprint density at radius 3 is 3.00 bits per heavy atom. The largest absolute Gasteiger partial charge is 0.383 e. The summed E-state index contributed by atoms with van der Waals surface area (Å²) in [7, 11) is 1.69. The number of aryl methyl sites for hydroxylation is 1. The van der Waals surface area contributed by atoms with E-state index < -0.39 is 0 Å². The minimum absolute atomic E-state index is 0.660. The lowest BCUT2D eigenvalue weighted by molar-refractivity contribution is 0.203. The quantitative estimate of drug-likeness (QED) is 0.343. The third-order valence-electron chi connectivity index (χ3n) is 2.36. The molecule has 0 aromatic carbocycles. The van der Waals surface area contributed by atoms with Crippen LogP contribution >= 0.6 is 11.3 Å². The van der Waals surface area contributed by atoms with E-state index >= 15 is 0 Å². The smallest absolute Gasteiger partial charge is 0.191 e. The Morgan fingerprint density at radius 1 is 1.56 bits per heavy atom. The molecular weight excluding hydrogens is 246 g/mol. The maximum atomic E-state index is 5.00. The summed E-state index contributed by atoms with van der Waals surface area (Å²) in [5.41, 5.74) is 1.30. The van der Waals surface area contributed by atoms with E-state index in [1.54, 1.807) is 18.4 Å². The van der Waals surface area contributed by atoms with Gasteiger partial charge in [0, 0.05) is 25.1 Å². The lowest BCUT2D eigenvalue weighted by Gasteiger charge is -2.10. The van der Waals surface area contributed by atoms with E-state index in [-0.39, 0.29) is 0 Å². The number of nitrogens with one attached hydrogen (secondary N) is 2. The number of nitrogens with zero attached hydrogens (tertiary/aromatic N) is 1. The van der Waals surface area contributed by atoms with Crippen LogP contribution in [0.3, 0.4) is 0 Å². The first kappa shape index (κ1) is 14.7. The van der Waals surface area contributed by atoms with Gasteiger partial charge in [0.05, 0.1) is 13.2 Å². The molecule has 0 radical (unpaired) electrons. The van der Waals surface area contributed by atoms with Gasteiger partial charge in [0.1, 0.15) is 0 Å². The van der Waals surface area contributed by atoms with Crippen molar-refractivity contribution in [2.75, 3.05) is 26.8 Å². The van der Waals surface area contributed by atoms with Gasteiger partial charge in [0.25, 0.3) is 0 Å². The van der Waals surface area contributed by atoms with Crippen molar-refractivity contribution in [1.29, 1.82) is 0 Å². The van der Waals surface area contributed by atoms with Gasteiger partial charge >= 0.3 is 0 Å². The van der Waals surface area contributed by atoms with Crippen molar-refractivity contribution in [3.63, 3.8) is 0 Å². The monoisotopic (exact) mass is 267 g/mol. The molecule has 1 heterocycles. The maximum Gasteiger partial charge on any atom is 0.191 e. The first-order chi connectivity index (χ1) is 8.77. The van der Waals surface area contributed by atoms with Crippen LogP contribution in [-0.4, -0.2) is 32.8 Å². The second-order valence-electron chi connectivity index (χ2n) is 3.78. The molecule has 0 aliphatic rings. The third-order valence-corrected chi connectivity index (χ3v) is 3.37. The van der Waals surface area contributed by atoms with Crippen molar-refractivity contribution in [2.45, 2.75) is 13.5 Å². The first-order valence-corrected chi connectivity index (χ1v) is 6.81. The predicted molar refractivity (Wildman–Crippen MR) is 78.3 cm³/mol. The fraction of sp³-hybridized carbons (Fsp3) is 0.462. The first-order valence-electron chi connectivity index (χ1n) is 5.93. The number of guanidine groups is 1. The average molecular weight is 267 g/mol. The molecule has 0 aliphatic heterocycles. The molecule has 1 aromatic rings. The zero-order valence-corrected chi connectivity index (χ0v) is 11.8. The Morgan fingerprint density at radius 2 is 2.39 bits per heavy atom. The molecule has 0 fully saturated rings. The second-order valence-corrected chi connectivity index (χ2v) is 4.78. The molecule has 0 saturated heterocycles. The molecule has 1 rings (SSSR count). The van der Waals surface area contributed by atoms with E-state index in [9.17, 15) is 0 Å². The highest BCUT2D eigenvalue weighted by Crippen LogP contribution is 2.16. The third kappa shape index (κ3) is 5.33. The Bertz CT molecular complexity index is 387. The lowest BCUT2D eigenvalue weighted by atomic mass is 10.3. The van der Waals surface area contributed by atoms with Crippen LogP contribution in [0, 0.1) is 6.92 Å². The molecule has 4 nitrogen and oxygen atoms in total. The molecule has 0 amide bonds. The summed E-state index contributed by atoms with van der Waals surface area (Å²) in [6.07, 6.45) is 1.81. The number of methoxy groups -OCH3 is 1. The fourth-order valence-corrected chi connectivity index (χ4v) is 2.16. The zero-order chi connectivity index (χ0) is 13.2. The van der Waals surface area contributed by atoms with Crippen molar-refractivity contribution in [3.05, 3.63) is 34.5 Å². The molecule has 0 atom stereocenters. The van der Waals surface area contributed by atoms with Crippen LogP contribution in [0.5, 0.6) is 0 Å². The van der Waals surface area contributed by atoms with Crippen molar-refractivity contribution in [2.24, 2.45) is 4.99 Å². The van der Waals surface area contributed by atoms with E-state index in [2.05, 4.69) is 40.6 Å². The van der Waals surface area contributed by atoms with E-state index in [1.807, 2.05) is 6.08 Å². The summed E-state index contributed by atoms with van der Waals surface area (Å²) in [4.78, 5) is 5.83. The van der Waals surface area contributed by atoms with Gasteiger partial charge in [-0.1, -0.05) is 6.08 Å². The molecular formula is C13H21N3OS. The minimum atomic E-state index is 0.660. The predicted octanol–water partition coefficient (Wildman–Crippen LogP) is 1.92. The molecule has 0 spiro atoms. The molecule has 0 unspecified atom stereocenters. The molecule has 1 aromatic heterocycles. The van der Waals surface area contributed by atoms with Gasteiger partial charge in [-0.25, -0.2) is 4.99 Å². The summed E-state index contributed by atoms with van der Waals surface area (Å²) in [5.74, 6) is 0.791. The molecule has 18 heavy (non-hydrogen) atoms. The summed E-state index contributed by atoms with van der Waals surface area (Å²) >= 11 is 1.74. The minimum Gasteiger partial charge on any atom is -0.383 e. The molecule has 0 aliphatic carbocycles. The summed E-state index contributed by atoms with van der Waals surface area (Å²) in [5, 5.41) is 8.48. The summed E-state index contributed by atoms with van der Waals surface area (Å²) in [6, 6.07) is 2.12. The number of thiophene rings is 1. The Kier molecular flexibility index (Phi) is 7.13. The highest BCUT2D eigenvalue weighted by atomic mass is 32.1. The molecule has 100 valence electrons. The van der Waals surface area contributed by atoms with Crippen LogP contribution in [0.25, 0.3) is 0 Å². The van der Waals surface area contributed by atoms with Crippen molar-refractivity contribution < 1.29 is 4.74 Å². The molecule has 2 N–H and O–H groups in total. The van der Waals surface area contributed by atoms with Crippen molar-refractivity contribution >= 4 is 17.3 Å². The number of hydrogen-bond acceptors (Lipinski definition) is 3. The van der Waals surface area contributed by atoms with E-state index in [4.69, 9.17) is 4.74 Å².